The minimum atomic E-state index is -0.0940. The van der Waals surface area contributed by atoms with Crippen LogP contribution in [-0.4, -0.2) is 46.0 Å². The number of hydrogen-bond acceptors (Lipinski definition) is 6. The minimum Gasteiger partial charge on any atom is -0.497 e. The number of amides is 1. The quantitative estimate of drug-likeness (QED) is 0.616. The van der Waals surface area contributed by atoms with E-state index in [1.807, 2.05) is 35.2 Å². The fraction of sp³-hybridized carbons (Fsp3) is 0.273. The number of methoxy groups -OCH3 is 1. The minimum absolute atomic E-state index is 0.0940. The average Bonchev–Trinajstić information content (AvgIpc) is 2.80. The van der Waals surface area contributed by atoms with Crippen LogP contribution in [0.2, 0.25) is 5.15 Å². The van der Waals surface area contributed by atoms with Crippen molar-refractivity contribution in [1.82, 2.24) is 19.9 Å². The van der Waals surface area contributed by atoms with E-state index in [2.05, 4.69) is 20.3 Å². The van der Waals surface area contributed by atoms with Crippen molar-refractivity contribution >= 4 is 29.1 Å². The molecule has 3 aromatic rings. The summed E-state index contributed by atoms with van der Waals surface area (Å²) in [7, 11) is 1.63. The van der Waals surface area contributed by atoms with E-state index in [9.17, 15) is 4.79 Å². The molecule has 1 atom stereocenters. The van der Waals surface area contributed by atoms with Gasteiger partial charge in [0.15, 0.2) is 0 Å². The molecular weight excluding hydrogens is 402 g/mol. The number of carbonyl (C=O) groups excluding carboxylic acids is 1. The second-order valence-corrected chi connectivity index (χ2v) is 7.45. The zero-order chi connectivity index (χ0) is 20.9. The number of likely N-dealkylation sites (tertiary alicyclic amines) is 1. The first-order valence-corrected chi connectivity index (χ1v) is 10.2. The maximum atomic E-state index is 12.9. The van der Waals surface area contributed by atoms with Gasteiger partial charge < -0.3 is 15.0 Å². The number of carbonyl (C=O) groups is 1. The number of pyridine rings is 1. The van der Waals surface area contributed by atoms with Crippen LogP contribution in [0, 0.1) is 0 Å². The Morgan fingerprint density at radius 3 is 2.77 bits per heavy atom. The van der Waals surface area contributed by atoms with Crippen molar-refractivity contribution in [3.63, 3.8) is 0 Å². The third-order valence-corrected chi connectivity index (χ3v) is 5.44. The number of benzene rings is 1. The number of nitrogens with one attached hydrogen (secondary N) is 1. The number of nitrogens with zero attached hydrogens (tertiary/aromatic N) is 4. The molecule has 0 saturated carbocycles. The van der Waals surface area contributed by atoms with Crippen LogP contribution in [0.15, 0.2) is 54.9 Å². The highest BCUT2D eigenvalue weighted by molar-refractivity contribution is 6.32. The molecule has 8 heteroatoms. The fourth-order valence-electron chi connectivity index (χ4n) is 3.58. The maximum absolute atomic E-state index is 12.9. The third kappa shape index (κ3) is 4.52. The van der Waals surface area contributed by atoms with E-state index in [0.29, 0.717) is 24.6 Å². The molecule has 0 radical (unpaired) electrons. The van der Waals surface area contributed by atoms with Gasteiger partial charge in [-0.2, -0.15) is 0 Å². The Morgan fingerprint density at radius 2 is 2.00 bits per heavy atom. The van der Waals surface area contributed by atoms with Crippen molar-refractivity contribution in [1.29, 1.82) is 0 Å². The van der Waals surface area contributed by atoms with Crippen LogP contribution in [0.25, 0.3) is 0 Å². The average molecular weight is 424 g/mol. The first kappa shape index (κ1) is 20.1. The molecule has 0 bridgehead atoms. The van der Waals surface area contributed by atoms with Gasteiger partial charge in [0.05, 0.1) is 18.4 Å². The Hall–Kier alpha value is -3.19. The summed E-state index contributed by atoms with van der Waals surface area (Å²) < 4.78 is 5.18. The molecule has 1 saturated heterocycles. The zero-order valence-corrected chi connectivity index (χ0v) is 17.3. The standard InChI is InChI=1S/C22H22ClN5O2/c1-30-17-8-6-16(7-9-17)26-22-25-12-10-19(27-22)15-4-3-13-28(14-15)21(29)18-5-2-11-24-20(18)23/h2,5-12,15H,3-4,13-14H2,1H3,(H,25,26,27)/t15-/m1/s1. The number of aromatic nitrogens is 3. The summed E-state index contributed by atoms with van der Waals surface area (Å²) in [6, 6.07) is 12.9. The van der Waals surface area contributed by atoms with Crippen molar-refractivity contribution in [2.45, 2.75) is 18.8 Å². The number of halogens is 1. The predicted octanol–water partition coefficient (Wildman–Crippen LogP) is 4.30. The molecule has 1 amide bonds. The normalized spacial score (nSPS) is 16.2. The Kier molecular flexibility index (Phi) is 6.09. The number of ether oxygens (including phenoxy) is 1. The van der Waals surface area contributed by atoms with Crippen molar-refractivity contribution in [3.05, 3.63) is 71.3 Å². The molecule has 154 valence electrons. The van der Waals surface area contributed by atoms with Gasteiger partial charge in [0.25, 0.3) is 5.91 Å². The molecule has 1 aliphatic rings. The van der Waals surface area contributed by atoms with Crippen molar-refractivity contribution in [2.75, 3.05) is 25.5 Å². The lowest BCUT2D eigenvalue weighted by Gasteiger charge is -2.32. The Morgan fingerprint density at radius 1 is 1.17 bits per heavy atom. The lowest BCUT2D eigenvalue weighted by molar-refractivity contribution is 0.0705. The molecule has 3 heterocycles. The summed E-state index contributed by atoms with van der Waals surface area (Å²) in [5.74, 6) is 1.35. The molecule has 1 aliphatic heterocycles. The molecule has 1 aromatic carbocycles. The lowest BCUT2D eigenvalue weighted by atomic mass is 9.94. The van der Waals surface area contributed by atoms with Crippen LogP contribution in [0.4, 0.5) is 11.6 Å². The number of piperidine rings is 1. The van der Waals surface area contributed by atoms with Gasteiger partial charge in [-0.25, -0.2) is 15.0 Å². The van der Waals surface area contributed by atoms with Crippen LogP contribution in [0.5, 0.6) is 5.75 Å². The smallest absolute Gasteiger partial charge is 0.257 e. The van der Waals surface area contributed by atoms with Crippen LogP contribution >= 0.6 is 11.6 Å². The zero-order valence-electron chi connectivity index (χ0n) is 16.6. The van der Waals surface area contributed by atoms with Gasteiger partial charge >= 0.3 is 0 Å². The predicted molar refractivity (Wildman–Crippen MR) is 115 cm³/mol. The lowest BCUT2D eigenvalue weighted by Crippen LogP contribution is -2.39. The molecule has 0 spiro atoms. The van der Waals surface area contributed by atoms with E-state index < -0.39 is 0 Å². The number of anilines is 2. The van der Waals surface area contributed by atoms with Gasteiger partial charge in [-0.3, -0.25) is 4.79 Å². The summed E-state index contributed by atoms with van der Waals surface area (Å²) in [6.45, 7) is 1.28. The molecule has 1 fully saturated rings. The number of hydrogen-bond donors (Lipinski definition) is 1. The van der Waals surface area contributed by atoms with Gasteiger partial charge in [-0.15, -0.1) is 0 Å². The summed E-state index contributed by atoms with van der Waals surface area (Å²) in [5, 5.41) is 3.45. The largest absolute Gasteiger partial charge is 0.497 e. The highest BCUT2D eigenvalue weighted by Gasteiger charge is 2.27. The monoisotopic (exact) mass is 423 g/mol. The SMILES string of the molecule is COc1ccc(Nc2nccc([C@@H]3CCCN(C(=O)c4cccnc4Cl)C3)n2)cc1. The molecule has 0 unspecified atom stereocenters. The van der Waals surface area contributed by atoms with E-state index in [1.54, 1.807) is 31.6 Å². The summed E-state index contributed by atoms with van der Waals surface area (Å²) in [5.41, 5.74) is 2.22. The van der Waals surface area contributed by atoms with Gasteiger partial charge in [0.2, 0.25) is 5.95 Å². The highest BCUT2D eigenvalue weighted by atomic mass is 35.5. The highest BCUT2D eigenvalue weighted by Crippen LogP contribution is 2.28. The van der Waals surface area contributed by atoms with Crippen LogP contribution in [0.1, 0.15) is 34.8 Å². The summed E-state index contributed by atoms with van der Waals surface area (Å²) in [6.07, 6.45) is 5.19. The molecule has 2 aromatic heterocycles. The van der Waals surface area contributed by atoms with E-state index >= 15 is 0 Å². The van der Waals surface area contributed by atoms with Crippen LogP contribution in [0.3, 0.4) is 0 Å². The molecule has 4 rings (SSSR count). The van der Waals surface area contributed by atoms with Crippen molar-refractivity contribution < 1.29 is 9.53 Å². The van der Waals surface area contributed by atoms with Gasteiger partial charge in [-0.05, 0) is 55.3 Å². The van der Waals surface area contributed by atoms with Gasteiger partial charge in [-0.1, -0.05) is 11.6 Å². The van der Waals surface area contributed by atoms with Gasteiger partial charge in [0, 0.05) is 37.1 Å². The van der Waals surface area contributed by atoms with Crippen molar-refractivity contribution in [3.8, 4) is 5.75 Å². The second kappa shape index (κ2) is 9.09. The summed E-state index contributed by atoms with van der Waals surface area (Å²) in [4.78, 5) is 27.8. The van der Waals surface area contributed by atoms with E-state index in [1.165, 1.54) is 0 Å². The van der Waals surface area contributed by atoms with Crippen LogP contribution < -0.4 is 10.1 Å². The van der Waals surface area contributed by atoms with E-state index in [-0.39, 0.29) is 17.0 Å². The number of rotatable bonds is 5. The Bertz CT molecular complexity index is 1030. The molecule has 0 aliphatic carbocycles. The Balaban J connectivity index is 1.47. The molecule has 1 N–H and O–H groups in total. The summed E-state index contributed by atoms with van der Waals surface area (Å²) >= 11 is 6.11. The fourth-order valence-corrected chi connectivity index (χ4v) is 3.78. The molecule has 7 nitrogen and oxygen atoms in total. The van der Waals surface area contributed by atoms with E-state index in [0.717, 1.165) is 30.0 Å². The molecular formula is C22H22ClN5O2. The van der Waals surface area contributed by atoms with E-state index in [4.69, 9.17) is 16.3 Å². The molecule has 30 heavy (non-hydrogen) atoms. The maximum Gasteiger partial charge on any atom is 0.257 e. The topological polar surface area (TPSA) is 80.2 Å². The van der Waals surface area contributed by atoms with Crippen molar-refractivity contribution in [2.24, 2.45) is 0 Å². The van der Waals surface area contributed by atoms with Crippen LogP contribution in [-0.2, 0) is 0 Å². The first-order chi connectivity index (χ1) is 14.6. The second-order valence-electron chi connectivity index (χ2n) is 7.09. The Labute approximate surface area is 180 Å². The van der Waals surface area contributed by atoms with Gasteiger partial charge in [0.1, 0.15) is 10.9 Å². The third-order valence-electron chi connectivity index (χ3n) is 5.14. The first-order valence-electron chi connectivity index (χ1n) is 9.78.